The van der Waals surface area contributed by atoms with Gasteiger partial charge in [0, 0.05) is 26.8 Å². The third kappa shape index (κ3) is 6.73. The van der Waals surface area contributed by atoms with E-state index in [4.69, 9.17) is 9.47 Å². The zero-order valence-electron chi connectivity index (χ0n) is 12.8. The lowest BCUT2D eigenvalue weighted by Gasteiger charge is -2.32. The van der Waals surface area contributed by atoms with Gasteiger partial charge in [-0.2, -0.15) is 4.31 Å². The van der Waals surface area contributed by atoms with Crippen molar-refractivity contribution in [3.8, 4) is 0 Å². The van der Waals surface area contributed by atoms with Gasteiger partial charge in [-0.1, -0.05) is 6.42 Å². The molecule has 7 nitrogen and oxygen atoms in total. The van der Waals surface area contributed by atoms with Gasteiger partial charge in [-0.05, 0) is 19.3 Å². The molecule has 124 valence electrons. The number of carbonyl (C=O) groups is 1. The molecule has 0 aliphatic carbocycles. The lowest BCUT2D eigenvalue weighted by Crippen LogP contribution is -2.51. The van der Waals surface area contributed by atoms with Crippen LogP contribution in [0.5, 0.6) is 0 Å². The zero-order chi connectivity index (χ0) is 15.7. The maximum Gasteiger partial charge on any atom is 0.238 e. The summed E-state index contributed by atoms with van der Waals surface area (Å²) in [6, 6.07) is -0.567. The Balaban J connectivity index is 2.29. The quantitative estimate of drug-likeness (QED) is 0.603. The first-order valence-electron chi connectivity index (χ1n) is 7.28. The standard InChI is InChI=1S/C13H26N2O5S/c1-19-10-11-20-9-5-7-14-13(16)12-6-3-4-8-15(12)21(2,17)18/h12H,3-11H2,1-2H3,(H,14,16). The molecule has 0 aromatic rings. The van der Waals surface area contributed by atoms with Crippen molar-refractivity contribution in [2.75, 3.05) is 46.3 Å². The second-order valence-electron chi connectivity index (χ2n) is 5.14. The number of rotatable bonds is 9. The van der Waals surface area contributed by atoms with E-state index >= 15 is 0 Å². The molecular formula is C13H26N2O5S. The molecular weight excluding hydrogens is 296 g/mol. The minimum Gasteiger partial charge on any atom is -0.382 e. The van der Waals surface area contributed by atoms with Crippen LogP contribution in [0.1, 0.15) is 25.7 Å². The van der Waals surface area contributed by atoms with Crippen LogP contribution in [0, 0.1) is 0 Å². The summed E-state index contributed by atoms with van der Waals surface area (Å²) in [5.74, 6) is -0.211. The number of amides is 1. The number of nitrogens with one attached hydrogen (secondary N) is 1. The van der Waals surface area contributed by atoms with Crippen LogP contribution in [0.3, 0.4) is 0 Å². The van der Waals surface area contributed by atoms with Gasteiger partial charge in [-0.15, -0.1) is 0 Å². The Morgan fingerprint density at radius 1 is 1.29 bits per heavy atom. The second-order valence-corrected chi connectivity index (χ2v) is 7.07. The van der Waals surface area contributed by atoms with Gasteiger partial charge in [0.1, 0.15) is 6.04 Å². The van der Waals surface area contributed by atoms with E-state index in [0.717, 1.165) is 19.1 Å². The predicted molar refractivity (Wildman–Crippen MR) is 79.5 cm³/mol. The van der Waals surface area contributed by atoms with Crippen molar-refractivity contribution < 1.29 is 22.7 Å². The van der Waals surface area contributed by atoms with Gasteiger partial charge in [-0.25, -0.2) is 8.42 Å². The Bertz CT molecular complexity index is 413. The van der Waals surface area contributed by atoms with Crippen molar-refractivity contribution in [3.63, 3.8) is 0 Å². The van der Waals surface area contributed by atoms with Crippen molar-refractivity contribution in [3.05, 3.63) is 0 Å². The zero-order valence-corrected chi connectivity index (χ0v) is 13.7. The van der Waals surface area contributed by atoms with Crippen LogP contribution in [0.25, 0.3) is 0 Å². The average Bonchev–Trinajstić information content (AvgIpc) is 2.45. The third-order valence-corrected chi connectivity index (χ3v) is 4.67. The van der Waals surface area contributed by atoms with Crippen LogP contribution >= 0.6 is 0 Å². The number of carbonyl (C=O) groups excluding carboxylic acids is 1. The van der Waals surface area contributed by atoms with E-state index in [1.807, 2.05) is 0 Å². The summed E-state index contributed by atoms with van der Waals surface area (Å²) in [6.07, 6.45) is 4.13. The van der Waals surface area contributed by atoms with E-state index in [-0.39, 0.29) is 5.91 Å². The molecule has 1 heterocycles. The van der Waals surface area contributed by atoms with Crippen LogP contribution in [0.4, 0.5) is 0 Å². The number of hydrogen-bond acceptors (Lipinski definition) is 5. The Morgan fingerprint density at radius 3 is 2.71 bits per heavy atom. The first-order valence-corrected chi connectivity index (χ1v) is 9.13. The highest BCUT2D eigenvalue weighted by molar-refractivity contribution is 7.88. The number of piperidine rings is 1. The van der Waals surface area contributed by atoms with Crippen molar-refractivity contribution in [1.82, 2.24) is 9.62 Å². The molecule has 1 atom stereocenters. The molecule has 0 aromatic heterocycles. The number of hydrogen-bond donors (Lipinski definition) is 1. The molecule has 0 spiro atoms. The van der Waals surface area contributed by atoms with Crippen LogP contribution in [0.15, 0.2) is 0 Å². The summed E-state index contributed by atoms with van der Waals surface area (Å²) in [5, 5.41) is 2.79. The highest BCUT2D eigenvalue weighted by Crippen LogP contribution is 2.19. The Hall–Kier alpha value is -0.700. The molecule has 1 unspecified atom stereocenters. The fraction of sp³-hybridized carbons (Fsp3) is 0.923. The second kappa shape index (κ2) is 9.34. The molecule has 21 heavy (non-hydrogen) atoms. The van der Waals surface area contributed by atoms with Gasteiger partial charge in [0.05, 0.1) is 19.5 Å². The molecule has 0 radical (unpaired) electrons. The number of methoxy groups -OCH3 is 1. The SMILES string of the molecule is COCCOCCCNC(=O)C1CCCCN1S(C)(=O)=O. The summed E-state index contributed by atoms with van der Waals surface area (Å²) in [7, 11) is -1.72. The summed E-state index contributed by atoms with van der Waals surface area (Å²) in [5.41, 5.74) is 0. The first kappa shape index (κ1) is 18.3. The van der Waals surface area contributed by atoms with Crippen molar-refractivity contribution in [2.45, 2.75) is 31.7 Å². The van der Waals surface area contributed by atoms with Gasteiger partial charge < -0.3 is 14.8 Å². The average molecular weight is 322 g/mol. The van der Waals surface area contributed by atoms with E-state index in [9.17, 15) is 13.2 Å². The van der Waals surface area contributed by atoms with Gasteiger partial charge in [0.2, 0.25) is 15.9 Å². The molecule has 1 rings (SSSR count). The minimum atomic E-state index is -3.33. The van der Waals surface area contributed by atoms with E-state index in [1.54, 1.807) is 7.11 Å². The van der Waals surface area contributed by atoms with Gasteiger partial charge in [0.25, 0.3) is 0 Å². The topological polar surface area (TPSA) is 84.9 Å². The maximum absolute atomic E-state index is 12.1. The Morgan fingerprint density at radius 2 is 2.05 bits per heavy atom. The van der Waals surface area contributed by atoms with E-state index < -0.39 is 16.1 Å². The molecule has 0 saturated carbocycles. The number of ether oxygens (including phenoxy) is 2. The van der Waals surface area contributed by atoms with Gasteiger partial charge in [0.15, 0.2) is 0 Å². The lowest BCUT2D eigenvalue weighted by atomic mass is 10.0. The van der Waals surface area contributed by atoms with Crippen molar-refractivity contribution >= 4 is 15.9 Å². The fourth-order valence-corrected chi connectivity index (χ4v) is 3.44. The van der Waals surface area contributed by atoms with Crippen LogP contribution in [0.2, 0.25) is 0 Å². The highest BCUT2D eigenvalue weighted by atomic mass is 32.2. The highest BCUT2D eigenvalue weighted by Gasteiger charge is 2.34. The summed E-state index contributed by atoms with van der Waals surface area (Å²) in [6.45, 7) is 2.55. The van der Waals surface area contributed by atoms with Crippen LogP contribution in [-0.2, 0) is 24.3 Å². The van der Waals surface area contributed by atoms with E-state index in [1.165, 1.54) is 4.31 Å². The molecule has 1 aliphatic rings. The smallest absolute Gasteiger partial charge is 0.238 e. The van der Waals surface area contributed by atoms with E-state index in [0.29, 0.717) is 45.8 Å². The summed E-state index contributed by atoms with van der Waals surface area (Å²) >= 11 is 0. The first-order chi connectivity index (χ1) is 9.96. The van der Waals surface area contributed by atoms with Crippen LogP contribution < -0.4 is 5.32 Å². The Kier molecular flexibility index (Phi) is 8.16. The molecule has 1 saturated heterocycles. The molecule has 1 fully saturated rings. The van der Waals surface area contributed by atoms with Gasteiger partial charge in [-0.3, -0.25) is 4.79 Å². The normalized spacial score (nSPS) is 20.4. The summed E-state index contributed by atoms with van der Waals surface area (Å²) < 4.78 is 34.8. The van der Waals surface area contributed by atoms with Crippen LogP contribution in [-0.4, -0.2) is 70.9 Å². The van der Waals surface area contributed by atoms with Gasteiger partial charge >= 0.3 is 0 Å². The minimum absolute atomic E-state index is 0.211. The number of sulfonamides is 1. The molecule has 1 amide bonds. The maximum atomic E-state index is 12.1. The molecule has 0 bridgehead atoms. The largest absolute Gasteiger partial charge is 0.382 e. The van der Waals surface area contributed by atoms with E-state index in [2.05, 4.69) is 5.32 Å². The lowest BCUT2D eigenvalue weighted by molar-refractivity contribution is -0.125. The molecule has 1 aliphatic heterocycles. The fourth-order valence-electron chi connectivity index (χ4n) is 2.31. The van der Waals surface area contributed by atoms with Crippen molar-refractivity contribution in [2.24, 2.45) is 0 Å². The monoisotopic (exact) mass is 322 g/mol. The predicted octanol–water partition coefficient (Wildman–Crippen LogP) is -0.0302. The van der Waals surface area contributed by atoms with Crippen molar-refractivity contribution in [1.29, 1.82) is 0 Å². The molecule has 0 aromatic carbocycles. The summed E-state index contributed by atoms with van der Waals surface area (Å²) in [4.78, 5) is 12.1. The number of nitrogens with zero attached hydrogens (tertiary/aromatic N) is 1. The third-order valence-electron chi connectivity index (χ3n) is 3.38. The molecule has 1 N–H and O–H groups in total. The Labute approximate surface area is 127 Å². The molecule has 8 heteroatoms.